The second kappa shape index (κ2) is 12.7. The molecular weight excluding hydrogens is 705 g/mol. The van der Waals surface area contributed by atoms with E-state index in [9.17, 15) is 0 Å². The summed E-state index contributed by atoms with van der Waals surface area (Å²) in [6.07, 6.45) is 0. The van der Waals surface area contributed by atoms with Crippen LogP contribution in [0.1, 0.15) is 0 Å². The summed E-state index contributed by atoms with van der Waals surface area (Å²) in [5.41, 5.74) is 8.91. The van der Waals surface area contributed by atoms with Crippen molar-refractivity contribution in [2.75, 3.05) is 0 Å². The van der Waals surface area contributed by atoms with Gasteiger partial charge in [-0.2, -0.15) is 0 Å². The van der Waals surface area contributed by atoms with Crippen LogP contribution in [0.2, 0.25) is 0 Å². The van der Waals surface area contributed by atoms with Crippen molar-refractivity contribution in [1.82, 2.24) is 0 Å². The standard InChI is InChI=1S/C56H34S/c1-3-18-35(19-4-1)51-47-32-17-33-48(56(47)57-55(51)36-20-5-2-6-21-36)52-43-28-13-15-30-45(43)54(46-31-16-14-29-44(46)52)50-34-49-39-24-8-7-22-37(39)38-23-9-11-26-41(38)53(49)42-27-12-10-25-40(42)50/h1-34H. The van der Waals surface area contributed by atoms with Crippen molar-refractivity contribution in [2.45, 2.75) is 0 Å². The molecule has 1 heterocycles. The summed E-state index contributed by atoms with van der Waals surface area (Å²) in [5.74, 6) is 0. The predicted molar refractivity (Wildman–Crippen MR) is 249 cm³/mol. The molecule has 12 rings (SSSR count). The SMILES string of the molecule is c1ccc(-c2sc3c(-c4c5ccccc5c(-c5cc6c7ccccc7c7ccccc7c6c6ccccc56)c5ccccc45)cccc3c2-c2ccccc2)cc1. The summed E-state index contributed by atoms with van der Waals surface area (Å²) in [4.78, 5) is 1.30. The molecule has 0 aliphatic carbocycles. The molecule has 0 atom stereocenters. The molecule has 0 nitrogen and oxygen atoms in total. The Morgan fingerprint density at radius 1 is 0.246 bits per heavy atom. The Balaban J connectivity index is 1.22. The molecule has 0 spiro atoms. The number of benzene rings is 11. The van der Waals surface area contributed by atoms with E-state index in [0.717, 1.165) is 0 Å². The Hall–Kier alpha value is -7.06. The molecule has 0 unspecified atom stereocenters. The van der Waals surface area contributed by atoms with Crippen molar-refractivity contribution in [1.29, 1.82) is 0 Å². The lowest BCUT2D eigenvalue weighted by molar-refractivity contribution is 1.66. The third kappa shape index (κ3) is 4.80. The molecule has 0 fully saturated rings. The van der Waals surface area contributed by atoms with E-state index < -0.39 is 0 Å². The molecule has 0 aliphatic heterocycles. The minimum atomic E-state index is 1.24. The first-order chi connectivity index (χ1) is 28.3. The zero-order valence-electron chi connectivity index (χ0n) is 31.0. The Bertz CT molecular complexity index is 3500. The summed E-state index contributed by atoms with van der Waals surface area (Å²) in [7, 11) is 0. The molecule has 0 N–H and O–H groups in total. The van der Waals surface area contributed by atoms with Crippen molar-refractivity contribution in [3.05, 3.63) is 206 Å². The summed E-state index contributed by atoms with van der Waals surface area (Å²) in [6.45, 7) is 0. The first-order valence-corrected chi connectivity index (χ1v) is 20.5. The normalized spacial score (nSPS) is 11.9. The van der Waals surface area contributed by atoms with Gasteiger partial charge in [-0.25, -0.2) is 0 Å². The van der Waals surface area contributed by atoms with Gasteiger partial charge in [0, 0.05) is 26.1 Å². The van der Waals surface area contributed by atoms with Gasteiger partial charge in [0.2, 0.25) is 0 Å². The highest BCUT2D eigenvalue weighted by Gasteiger charge is 2.24. The lowest BCUT2D eigenvalue weighted by Gasteiger charge is -2.21. The van der Waals surface area contributed by atoms with Crippen LogP contribution in [-0.4, -0.2) is 0 Å². The number of hydrogen-bond acceptors (Lipinski definition) is 1. The van der Waals surface area contributed by atoms with Crippen LogP contribution in [0.25, 0.3) is 119 Å². The van der Waals surface area contributed by atoms with Crippen molar-refractivity contribution in [2.24, 2.45) is 0 Å². The van der Waals surface area contributed by atoms with Crippen molar-refractivity contribution in [3.63, 3.8) is 0 Å². The lowest BCUT2D eigenvalue weighted by atomic mass is 9.82. The molecule has 264 valence electrons. The first kappa shape index (κ1) is 32.2. The third-order valence-electron chi connectivity index (χ3n) is 12.0. The van der Waals surface area contributed by atoms with Gasteiger partial charge in [0.25, 0.3) is 0 Å². The van der Waals surface area contributed by atoms with E-state index in [1.54, 1.807) is 0 Å². The molecule has 0 aliphatic rings. The third-order valence-corrected chi connectivity index (χ3v) is 13.3. The van der Waals surface area contributed by atoms with Gasteiger partial charge in [0.1, 0.15) is 0 Å². The van der Waals surface area contributed by atoms with E-state index in [1.807, 2.05) is 11.3 Å². The minimum Gasteiger partial charge on any atom is -0.134 e. The van der Waals surface area contributed by atoms with E-state index >= 15 is 0 Å². The largest absolute Gasteiger partial charge is 0.134 e. The molecule has 12 aromatic rings. The number of hydrogen-bond donors (Lipinski definition) is 0. The van der Waals surface area contributed by atoms with Gasteiger partial charge in [-0.3, -0.25) is 0 Å². The van der Waals surface area contributed by atoms with Crippen molar-refractivity contribution < 1.29 is 0 Å². The van der Waals surface area contributed by atoms with Crippen LogP contribution in [0.4, 0.5) is 0 Å². The van der Waals surface area contributed by atoms with Crippen LogP contribution in [0.3, 0.4) is 0 Å². The molecule has 11 aromatic carbocycles. The fourth-order valence-electron chi connectivity index (χ4n) is 9.68. The van der Waals surface area contributed by atoms with E-state index in [-0.39, 0.29) is 0 Å². The average molecular weight is 739 g/mol. The maximum absolute atomic E-state index is 2.50. The highest BCUT2D eigenvalue weighted by molar-refractivity contribution is 7.23. The maximum Gasteiger partial charge on any atom is 0.0434 e. The van der Waals surface area contributed by atoms with Crippen LogP contribution in [-0.2, 0) is 0 Å². The molecule has 57 heavy (non-hydrogen) atoms. The number of thiophene rings is 1. The molecule has 0 saturated heterocycles. The van der Waals surface area contributed by atoms with Crippen LogP contribution >= 0.6 is 11.3 Å². The fraction of sp³-hybridized carbons (Fsp3) is 0. The molecule has 0 amide bonds. The second-order valence-corrected chi connectivity index (χ2v) is 16.1. The Morgan fingerprint density at radius 3 is 1.23 bits per heavy atom. The predicted octanol–water partition coefficient (Wildman–Crippen LogP) is 16.5. The van der Waals surface area contributed by atoms with Crippen molar-refractivity contribution >= 4 is 86.1 Å². The zero-order chi connectivity index (χ0) is 37.5. The summed E-state index contributed by atoms with van der Waals surface area (Å²) in [6, 6.07) is 76.4. The van der Waals surface area contributed by atoms with Crippen LogP contribution in [0.5, 0.6) is 0 Å². The molecule has 1 heteroatoms. The lowest BCUT2D eigenvalue weighted by Crippen LogP contribution is -1.93. The van der Waals surface area contributed by atoms with Crippen LogP contribution in [0, 0.1) is 0 Å². The Kier molecular flexibility index (Phi) is 7.20. The van der Waals surface area contributed by atoms with E-state index in [4.69, 9.17) is 0 Å². The summed E-state index contributed by atoms with van der Waals surface area (Å²) in [5, 5.41) is 16.7. The van der Waals surface area contributed by atoms with Gasteiger partial charge in [-0.15, -0.1) is 11.3 Å². The highest BCUT2D eigenvalue weighted by atomic mass is 32.1. The van der Waals surface area contributed by atoms with Gasteiger partial charge in [-0.05, 0) is 98.5 Å². The van der Waals surface area contributed by atoms with E-state index in [2.05, 4.69) is 206 Å². The number of rotatable bonds is 4. The average Bonchev–Trinajstić information content (AvgIpc) is 3.69. The van der Waals surface area contributed by atoms with Crippen LogP contribution in [0.15, 0.2) is 206 Å². The van der Waals surface area contributed by atoms with E-state index in [1.165, 1.54) is 119 Å². The molecular formula is C56H34S. The fourth-order valence-corrected chi connectivity index (χ4v) is 11.0. The Labute approximate surface area is 334 Å². The molecule has 1 aromatic heterocycles. The Morgan fingerprint density at radius 2 is 0.649 bits per heavy atom. The second-order valence-electron chi connectivity index (χ2n) is 15.0. The molecule has 0 radical (unpaired) electrons. The van der Waals surface area contributed by atoms with Gasteiger partial charge in [0.05, 0.1) is 0 Å². The van der Waals surface area contributed by atoms with Gasteiger partial charge in [-0.1, -0.05) is 200 Å². The summed E-state index contributed by atoms with van der Waals surface area (Å²) < 4.78 is 1.31. The van der Waals surface area contributed by atoms with Gasteiger partial charge in [0.15, 0.2) is 0 Å². The van der Waals surface area contributed by atoms with E-state index in [0.29, 0.717) is 0 Å². The van der Waals surface area contributed by atoms with Gasteiger partial charge >= 0.3 is 0 Å². The minimum absolute atomic E-state index is 1.24. The zero-order valence-corrected chi connectivity index (χ0v) is 31.9. The maximum atomic E-state index is 2.50. The first-order valence-electron chi connectivity index (χ1n) is 19.7. The topological polar surface area (TPSA) is 0 Å². The quantitative estimate of drug-likeness (QED) is 0.125. The summed E-state index contributed by atoms with van der Waals surface area (Å²) >= 11 is 1.92. The van der Waals surface area contributed by atoms with Gasteiger partial charge < -0.3 is 0 Å². The molecule has 0 bridgehead atoms. The highest BCUT2D eigenvalue weighted by Crippen LogP contribution is 2.52. The van der Waals surface area contributed by atoms with Crippen LogP contribution < -0.4 is 0 Å². The number of fused-ring (bicyclic) bond motifs is 11. The smallest absolute Gasteiger partial charge is 0.0434 e. The molecule has 0 saturated carbocycles. The van der Waals surface area contributed by atoms with Crippen molar-refractivity contribution in [3.8, 4) is 43.8 Å². The monoisotopic (exact) mass is 738 g/mol.